The molecule has 0 amide bonds. The van der Waals surface area contributed by atoms with Crippen LogP contribution in [0.5, 0.6) is 11.5 Å². The fourth-order valence-electron chi connectivity index (χ4n) is 1.53. The molecule has 1 aromatic carbocycles. The summed E-state index contributed by atoms with van der Waals surface area (Å²) in [5, 5.41) is 3.31. The Morgan fingerprint density at radius 1 is 1.21 bits per heavy atom. The first-order valence-corrected chi connectivity index (χ1v) is 7.32. The normalized spacial score (nSPS) is 10.5. The van der Waals surface area contributed by atoms with Gasteiger partial charge >= 0.3 is 0 Å². The number of halogens is 1. The van der Waals surface area contributed by atoms with Crippen LogP contribution in [-0.2, 0) is 4.74 Å². The molecule has 1 N–H and O–H groups in total. The third kappa shape index (κ3) is 6.80. The Morgan fingerprint density at radius 2 is 2.05 bits per heavy atom. The van der Waals surface area contributed by atoms with E-state index in [9.17, 15) is 0 Å². The van der Waals surface area contributed by atoms with Crippen LogP contribution < -0.4 is 14.8 Å². The summed E-state index contributed by atoms with van der Waals surface area (Å²) in [5.41, 5.74) is 0. The van der Waals surface area contributed by atoms with Gasteiger partial charge in [-0.15, -0.1) is 0 Å². The minimum absolute atomic E-state index is 0.638. The number of hydrogen-bond donors (Lipinski definition) is 1. The van der Waals surface area contributed by atoms with Gasteiger partial charge < -0.3 is 19.5 Å². The smallest absolute Gasteiger partial charge is 0.133 e. The molecule has 19 heavy (non-hydrogen) atoms. The summed E-state index contributed by atoms with van der Waals surface area (Å²) in [6.07, 6.45) is 1.03. The number of nitrogens with one attached hydrogen (secondary N) is 1. The molecule has 108 valence electrons. The fraction of sp³-hybridized carbons (Fsp3) is 0.571. The van der Waals surface area contributed by atoms with E-state index >= 15 is 0 Å². The van der Waals surface area contributed by atoms with Gasteiger partial charge in [-0.1, -0.05) is 0 Å². The molecular weight excluding hydrogens is 310 g/mol. The molecule has 1 rings (SSSR count). The SMILES string of the molecule is CCOCCCNCCOc1ccc(OC)cc1Br. The predicted molar refractivity (Wildman–Crippen MR) is 80.2 cm³/mol. The van der Waals surface area contributed by atoms with Gasteiger partial charge in [-0.05, 0) is 54.0 Å². The molecule has 4 nitrogen and oxygen atoms in total. The van der Waals surface area contributed by atoms with Crippen molar-refractivity contribution in [3.05, 3.63) is 22.7 Å². The van der Waals surface area contributed by atoms with Crippen molar-refractivity contribution in [3.63, 3.8) is 0 Å². The molecule has 0 aromatic heterocycles. The van der Waals surface area contributed by atoms with E-state index in [4.69, 9.17) is 14.2 Å². The molecule has 0 aliphatic carbocycles. The second-order valence-corrected chi connectivity index (χ2v) is 4.80. The van der Waals surface area contributed by atoms with E-state index in [1.54, 1.807) is 7.11 Å². The van der Waals surface area contributed by atoms with E-state index in [1.165, 1.54) is 0 Å². The van der Waals surface area contributed by atoms with Crippen LogP contribution in [-0.4, -0.2) is 40.0 Å². The molecule has 0 saturated carbocycles. The standard InChI is InChI=1S/C14H22BrNO3/c1-3-18-9-4-7-16-8-10-19-14-6-5-12(17-2)11-13(14)15/h5-6,11,16H,3-4,7-10H2,1-2H3. The van der Waals surface area contributed by atoms with Crippen molar-refractivity contribution in [2.75, 3.05) is 40.0 Å². The zero-order valence-corrected chi connectivity index (χ0v) is 13.2. The van der Waals surface area contributed by atoms with Crippen LogP contribution in [0.2, 0.25) is 0 Å². The molecular formula is C14H22BrNO3. The maximum Gasteiger partial charge on any atom is 0.133 e. The highest BCUT2D eigenvalue weighted by Crippen LogP contribution is 2.28. The first-order valence-electron chi connectivity index (χ1n) is 6.52. The number of hydrogen-bond acceptors (Lipinski definition) is 4. The fourth-order valence-corrected chi connectivity index (χ4v) is 2.00. The maximum atomic E-state index is 5.67. The molecule has 0 radical (unpaired) electrons. The lowest BCUT2D eigenvalue weighted by molar-refractivity contribution is 0.144. The van der Waals surface area contributed by atoms with E-state index in [0.717, 1.165) is 48.7 Å². The van der Waals surface area contributed by atoms with E-state index in [1.807, 2.05) is 25.1 Å². The second-order valence-electron chi connectivity index (χ2n) is 3.95. The van der Waals surface area contributed by atoms with Gasteiger partial charge in [-0.3, -0.25) is 0 Å². The van der Waals surface area contributed by atoms with Gasteiger partial charge in [-0.2, -0.15) is 0 Å². The van der Waals surface area contributed by atoms with E-state index < -0.39 is 0 Å². The first-order chi connectivity index (χ1) is 9.27. The lowest BCUT2D eigenvalue weighted by Gasteiger charge is -2.10. The van der Waals surface area contributed by atoms with Crippen molar-refractivity contribution in [2.24, 2.45) is 0 Å². The molecule has 0 fully saturated rings. The topological polar surface area (TPSA) is 39.7 Å². The molecule has 1 aromatic rings. The summed E-state index contributed by atoms with van der Waals surface area (Å²) in [5.74, 6) is 1.64. The molecule has 0 bridgehead atoms. The highest BCUT2D eigenvalue weighted by atomic mass is 79.9. The van der Waals surface area contributed by atoms with Crippen LogP contribution in [0.1, 0.15) is 13.3 Å². The van der Waals surface area contributed by atoms with Gasteiger partial charge in [0.1, 0.15) is 18.1 Å². The highest BCUT2D eigenvalue weighted by Gasteiger charge is 2.02. The Bertz CT molecular complexity index is 361. The molecule has 0 spiro atoms. The average molecular weight is 332 g/mol. The molecule has 0 aliphatic heterocycles. The third-order valence-corrected chi connectivity index (χ3v) is 3.14. The number of methoxy groups -OCH3 is 1. The summed E-state index contributed by atoms with van der Waals surface area (Å²) in [4.78, 5) is 0. The third-order valence-electron chi connectivity index (χ3n) is 2.52. The van der Waals surface area contributed by atoms with Crippen LogP contribution in [0.3, 0.4) is 0 Å². The van der Waals surface area contributed by atoms with Crippen LogP contribution >= 0.6 is 15.9 Å². The Kier molecular flexibility index (Phi) is 8.62. The number of rotatable bonds is 10. The summed E-state index contributed by atoms with van der Waals surface area (Å²) >= 11 is 3.46. The van der Waals surface area contributed by atoms with E-state index in [2.05, 4.69) is 21.2 Å². The van der Waals surface area contributed by atoms with E-state index in [0.29, 0.717) is 6.61 Å². The monoisotopic (exact) mass is 331 g/mol. The lowest BCUT2D eigenvalue weighted by atomic mass is 10.3. The van der Waals surface area contributed by atoms with Crippen molar-refractivity contribution < 1.29 is 14.2 Å². The molecule has 0 atom stereocenters. The van der Waals surface area contributed by atoms with Crippen molar-refractivity contribution in [2.45, 2.75) is 13.3 Å². The molecule has 0 aliphatic rings. The van der Waals surface area contributed by atoms with Crippen LogP contribution in [0.15, 0.2) is 22.7 Å². The van der Waals surface area contributed by atoms with Crippen LogP contribution in [0, 0.1) is 0 Å². The predicted octanol–water partition coefficient (Wildman–Crippen LogP) is 2.85. The van der Waals surface area contributed by atoms with Crippen molar-refractivity contribution in [1.82, 2.24) is 5.32 Å². The van der Waals surface area contributed by atoms with Gasteiger partial charge in [-0.25, -0.2) is 0 Å². The minimum Gasteiger partial charge on any atom is -0.497 e. The minimum atomic E-state index is 0.638. The average Bonchev–Trinajstić information content (AvgIpc) is 2.43. The summed E-state index contributed by atoms with van der Waals surface area (Å²) < 4.78 is 17.0. The first kappa shape index (κ1) is 16.3. The largest absolute Gasteiger partial charge is 0.497 e. The molecule has 0 saturated heterocycles. The zero-order chi connectivity index (χ0) is 13.9. The summed E-state index contributed by atoms with van der Waals surface area (Å²) in [6, 6.07) is 5.68. The lowest BCUT2D eigenvalue weighted by Crippen LogP contribution is -2.23. The van der Waals surface area contributed by atoms with Gasteiger partial charge in [0.05, 0.1) is 11.6 Å². The number of ether oxygens (including phenoxy) is 3. The Hall–Kier alpha value is -0.780. The molecule has 0 unspecified atom stereocenters. The number of benzene rings is 1. The van der Waals surface area contributed by atoms with Gasteiger partial charge in [0, 0.05) is 19.8 Å². The van der Waals surface area contributed by atoms with E-state index in [-0.39, 0.29) is 0 Å². The van der Waals surface area contributed by atoms with Crippen LogP contribution in [0.25, 0.3) is 0 Å². The van der Waals surface area contributed by atoms with Gasteiger partial charge in [0.2, 0.25) is 0 Å². The van der Waals surface area contributed by atoms with Gasteiger partial charge in [0.15, 0.2) is 0 Å². The Balaban J connectivity index is 2.12. The summed E-state index contributed by atoms with van der Waals surface area (Å²) in [6.45, 7) is 6.02. The quantitative estimate of drug-likeness (QED) is 0.669. The van der Waals surface area contributed by atoms with Crippen molar-refractivity contribution >= 4 is 15.9 Å². The second kappa shape index (κ2) is 10.1. The maximum absolute atomic E-state index is 5.67. The Labute approximate surface area is 123 Å². The van der Waals surface area contributed by atoms with Gasteiger partial charge in [0.25, 0.3) is 0 Å². The van der Waals surface area contributed by atoms with Crippen molar-refractivity contribution in [3.8, 4) is 11.5 Å². The molecule has 5 heteroatoms. The molecule has 0 heterocycles. The highest BCUT2D eigenvalue weighted by molar-refractivity contribution is 9.10. The van der Waals surface area contributed by atoms with Crippen LogP contribution in [0.4, 0.5) is 0 Å². The summed E-state index contributed by atoms with van der Waals surface area (Å²) in [7, 11) is 1.65. The van der Waals surface area contributed by atoms with Crippen molar-refractivity contribution in [1.29, 1.82) is 0 Å². The Morgan fingerprint density at radius 3 is 2.74 bits per heavy atom. The zero-order valence-electron chi connectivity index (χ0n) is 11.6.